The predicted octanol–water partition coefficient (Wildman–Crippen LogP) is 4.19. The molecule has 1 aromatic carbocycles. The van der Waals surface area contributed by atoms with Gasteiger partial charge >= 0.3 is 0 Å². The number of benzene rings is 1. The largest absolute Gasteiger partial charge is 0.349 e. The first kappa shape index (κ1) is 15.0. The van der Waals surface area contributed by atoms with Crippen LogP contribution in [-0.2, 0) is 5.41 Å². The van der Waals surface area contributed by atoms with E-state index in [4.69, 9.17) is 0 Å². The van der Waals surface area contributed by atoms with E-state index >= 15 is 0 Å². The van der Waals surface area contributed by atoms with E-state index in [1.165, 1.54) is 31.4 Å². The molecule has 0 aromatic heterocycles. The summed E-state index contributed by atoms with van der Waals surface area (Å²) in [5.74, 6) is -0.492. The Kier molecular flexibility index (Phi) is 4.46. The van der Waals surface area contributed by atoms with Crippen molar-refractivity contribution in [3.05, 3.63) is 35.1 Å². The SMILES string of the molecule is CC(C)(C)c1cc(F)cc(C(=O)NC2CCCCC2)c1. The molecule has 1 aliphatic rings. The van der Waals surface area contributed by atoms with Gasteiger partial charge in [-0.25, -0.2) is 4.39 Å². The molecular weight excluding hydrogens is 253 g/mol. The van der Waals surface area contributed by atoms with Crippen LogP contribution in [0.2, 0.25) is 0 Å². The van der Waals surface area contributed by atoms with Crippen LogP contribution in [0.1, 0.15) is 68.8 Å². The Bertz CT molecular complexity index is 484. The lowest BCUT2D eigenvalue weighted by Crippen LogP contribution is -2.36. The number of hydrogen-bond acceptors (Lipinski definition) is 1. The maximum Gasteiger partial charge on any atom is 0.251 e. The Morgan fingerprint density at radius 1 is 1.15 bits per heavy atom. The molecule has 0 bridgehead atoms. The molecule has 110 valence electrons. The zero-order valence-corrected chi connectivity index (χ0v) is 12.6. The number of amides is 1. The lowest BCUT2D eigenvalue weighted by atomic mass is 9.86. The van der Waals surface area contributed by atoms with Crippen molar-refractivity contribution in [1.82, 2.24) is 5.32 Å². The van der Waals surface area contributed by atoms with Crippen molar-refractivity contribution < 1.29 is 9.18 Å². The molecular formula is C17H24FNO. The normalized spacial score (nSPS) is 17.0. The monoisotopic (exact) mass is 277 g/mol. The Labute approximate surface area is 120 Å². The van der Waals surface area contributed by atoms with Crippen LogP contribution in [0.5, 0.6) is 0 Å². The van der Waals surface area contributed by atoms with E-state index in [-0.39, 0.29) is 23.2 Å². The summed E-state index contributed by atoms with van der Waals surface area (Å²) < 4.78 is 13.7. The summed E-state index contributed by atoms with van der Waals surface area (Å²) in [4.78, 5) is 12.3. The van der Waals surface area contributed by atoms with Gasteiger partial charge in [0.05, 0.1) is 0 Å². The molecule has 3 heteroatoms. The number of nitrogens with one attached hydrogen (secondary N) is 1. The molecule has 0 aliphatic heterocycles. The third-order valence-corrected chi connectivity index (χ3v) is 3.97. The average Bonchev–Trinajstić information content (AvgIpc) is 2.38. The van der Waals surface area contributed by atoms with Crippen molar-refractivity contribution in [2.45, 2.75) is 64.3 Å². The summed E-state index contributed by atoms with van der Waals surface area (Å²) in [6, 6.07) is 4.89. The minimum Gasteiger partial charge on any atom is -0.349 e. The van der Waals surface area contributed by atoms with E-state index in [1.54, 1.807) is 6.07 Å². The van der Waals surface area contributed by atoms with Gasteiger partial charge in [0, 0.05) is 11.6 Å². The molecule has 0 radical (unpaired) electrons. The summed E-state index contributed by atoms with van der Waals surface area (Å²) in [5.41, 5.74) is 1.12. The fourth-order valence-corrected chi connectivity index (χ4v) is 2.67. The topological polar surface area (TPSA) is 29.1 Å². The second-order valence-corrected chi connectivity index (χ2v) is 6.79. The molecule has 0 spiro atoms. The van der Waals surface area contributed by atoms with Crippen molar-refractivity contribution in [2.75, 3.05) is 0 Å². The summed E-state index contributed by atoms with van der Waals surface area (Å²) in [5, 5.41) is 3.04. The molecule has 1 aromatic rings. The molecule has 2 nitrogen and oxygen atoms in total. The molecule has 2 rings (SSSR count). The van der Waals surface area contributed by atoms with Crippen LogP contribution in [0.3, 0.4) is 0 Å². The quantitative estimate of drug-likeness (QED) is 0.863. The van der Waals surface area contributed by atoms with Gasteiger partial charge in [-0.1, -0.05) is 40.0 Å². The zero-order valence-electron chi connectivity index (χ0n) is 12.6. The van der Waals surface area contributed by atoms with Crippen LogP contribution < -0.4 is 5.32 Å². The maximum absolute atomic E-state index is 13.7. The van der Waals surface area contributed by atoms with Gasteiger partial charge < -0.3 is 5.32 Å². The molecule has 20 heavy (non-hydrogen) atoms. The summed E-state index contributed by atoms with van der Waals surface area (Å²) in [7, 11) is 0. The second-order valence-electron chi connectivity index (χ2n) is 6.79. The van der Waals surface area contributed by atoms with E-state index in [0.29, 0.717) is 5.56 Å². The third-order valence-electron chi connectivity index (χ3n) is 3.97. The first-order valence-corrected chi connectivity index (χ1v) is 7.48. The molecule has 1 saturated carbocycles. The highest BCUT2D eigenvalue weighted by atomic mass is 19.1. The van der Waals surface area contributed by atoms with Gasteiger partial charge in [0.15, 0.2) is 0 Å². The lowest BCUT2D eigenvalue weighted by molar-refractivity contribution is 0.0927. The lowest BCUT2D eigenvalue weighted by Gasteiger charge is -2.24. The fourth-order valence-electron chi connectivity index (χ4n) is 2.67. The van der Waals surface area contributed by atoms with E-state index in [1.807, 2.05) is 20.8 Å². The molecule has 1 N–H and O–H groups in total. The van der Waals surface area contributed by atoms with Crippen molar-refractivity contribution in [2.24, 2.45) is 0 Å². The number of halogens is 1. The van der Waals surface area contributed by atoms with E-state index < -0.39 is 0 Å². The first-order valence-electron chi connectivity index (χ1n) is 7.48. The van der Waals surface area contributed by atoms with Gasteiger partial charge in [-0.2, -0.15) is 0 Å². The molecule has 1 amide bonds. The van der Waals surface area contributed by atoms with Crippen LogP contribution in [0.15, 0.2) is 18.2 Å². The molecule has 0 atom stereocenters. The zero-order chi connectivity index (χ0) is 14.8. The third kappa shape index (κ3) is 3.81. The number of carbonyl (C=O) groups is 1. The molecule has 0 saturated heterocycles. The van der Waals surface area contributed by atoms with Gasteiger partial charge in [-0.3, -0.25) is 4.79 Å². The van der Waals surface area contributed by atoms with Gasteiger partial charge in [0.25, 0.3) is 5.91 Å². The summed E-state index contributed by atoms with van der Waals surface area (Å²) in [6.45, 7) is 6.06. The Morgan fingerprint density at radius 3 is 2.40 bits per heavy atom. The molecule has 0 heterocycles. The highest BCUT2D eigenvalue weighted by Crippen LogP contribution is 2.24. The Balaban J connectivity index is 2.14. The smallest absolute Gasteiger partial charge is 0.251 e. The van der Waals surface area contributed by atoms with Crippen LogP contribution in [0.25, 0.3) is 0 Å². The molecule has 0 unspecified atom stereocenters. The van der Waals surface area contributed by atoms with Gasteiger partial charge in [0.2, 0.25) is 0 Å². The van der Waals surface area contributed by atoms with Crippen molar-refractivity contribution >= 4 is 5.91 Å². The fraction of sp³-hybridized carbons (Fsp3) is 0.588. The molecule has 1 aliphatic carbocycles. The number of hydrogen-bond donors (Lipinski definition) is 1. The van der Waals surface area contributed by atoms with Gasteiger partial charge in [-0.05, 0) is 42.0 Å². The molecule has 1 fully saturated rings. The minimum absolute atomic E-state index is 0.151. The van der Waals surface area contributed by atoms with Crippen LogP contribution in [0, 0.1) is 5.82 Å². The highest BCUT2D eigenvalue weighted by molar-refractivity contribution is 5.94. The van der Waals surface area contributed by atoms with Gasteiger partial charge in [0.1, 0.15) is 5.82 Å². The van der Waals surface area contributed by atoms with Crippen molar-refractivity contribution in [1.29, 1.82) is 0 Å². The van der Waals surface area contributed by atoms with E-state index in [9.17, 15) is 9.18 Å². The van der Waals surface area contributed by atoms with E-state index in [0.717, 1.165) is 18.4 Å². The second kappa shape index (κ2) is 5.94. The van der Waals surface area contributed by atoms with Crippen molar-refractivity contribution in [3.8, 4) is 0 Å². The minimum atomic E-state index is -0.341. The average molecular weight is 277 g/mol. The maximum atomic E-state index is 13.7. The Hall–Kier alpha value is -1.38. The standard InChI is InChI=1S/C17H24FNO/c1-17(2,3)13-9-12(10-14(18)11-13)16(20)19-15-7-5-4-6-8-15/h9-11,15H,4-8H2,1-3H3,(H,19,20). The Morgan fingerprint density at radius 2 is 1.80 bits per heavy atom. The van der Waals surface area contributed by atoms with Crippen LogP contribution in [0.4, 0.5) is 4.39 Å². The highest BCUT2D eigenvalue weighted by Gasteiger charge is 2.20. The summed E-state index contributed by atoms with van der Waals surface area (Å²) in [6.07, 6.45) is 5.66. The van der Waals surface area contributed by atoms with Crippen LogP contribution >= 0.6 is 0 Å². The van der Waals surface area contributed by atoms with Crippen LogP contribution in [-0.4, -0.2) is 11.9 Å². The number of rotatable bonds is 2. The summed E-state index contributed by atoms with van der Waals surface area (Å²) >= 11 is 0. The first-order chi connectivity index (χ1) is 9.36. The van der Waals surface area contributed by atoms with Gasteiger partial charge in [-0.15, -0.1) is 0 Å². The van der Waals surface area contributed by atoms with E-state index in [2.05, 4.69) is 5.32 Å². The number of carbonyl (C=O) groups excluding carboxylic acids is 1. The van der Waals surface area contributed by atoms with Crippen molar-refractivity contribution in [3.63, 3.8) is 0 Å². The predicted molar refractivity (Wildman–Crippen MR) is 79.4 cm³/mol.